The first-order valence-electron chi connectivity index (χ1n) is 8.72. The Hall–Kier alpha value is -1.92. The molecule has 6 heteroatoms. The summed E-state index contributed by atoms with van der Waals surface area (Å²) in [5, 5.41) is 2.72. The number of aliphatic imine (C=N–C) groups is 1. The fourth-order valence-corrected chi connectivity index (χ4v) is 5.38. The van der Waals surface area contributed by atoms with Crippen LogP contribution in [0.25, 0.3) is 11.0 Å². The van der Waals surface area contributed by atoms with Crippen LogP contribution in [0.1, 0.15) is 12.5 Å². The van der Waals surface area contributed by atoms with Gasteiger partial charge in [-0.2, -0.15) is 0 Å². The van der Waals surface area contributed by atoms with Crippen LogP contribution in [0.3, 0.4) is 0 Å². The highest BCUT2D eigenvalue weighted by atomic mass is 32.2. The van der Waals surface area contributed by atoms with Crippen molar-refractivity contribution < 1.29 is 4.74 Å². The van der Waals surface area contributed by atoms with Crippen molar-refractivity contribution in [3.63, 3.8) is 0 Å². The van der Waals surface area contributed by atoms with E-state index in [4.69, 9.17) is 14.7 Å². The Balaban J connectivity index is 1.41. The molecule has 2 heterocycles. The Morgan fingerprint density at radius 2 is 2.00 bits per heavy atom. The van der Waals surface area contributed by atoms with Gasteiger partial charge in [0, 0.05) is 23.1 Å². The molecular weight excluding hydrogens is 362 g/mol. The minimum atomic E-state index is 0.488. The highest BCUT2D eigenvalue weighted by molar-refractivity contribution is 8.16. The molecule has 0 amide bonds. The van der Waals surface area contributed by atoms with E-state index in [-0.39, 0.29) is 0 Å². The average molecular weight is 384 g/mol. The molecule has 0 radical (unpaired) electrons. The second-order valence-corrected chi connectivity index (χ2v) is 8.33. The lowest BCUT2D eigenvalue weighted by Crippen LogP contribution is -2.08. The van der Waals surface area contributed by atoms with Crippen molar-refractivity contribution in [1.29, 1.82) is 0 Å². The number of para-hydroxylation sites is 2. The third-order valence-electron chi connectivity index (χ3n) is 4.39. The average Bonchev–Trinajstić information content (AvgIpc) is 3.30. The van der Waals surface area contributed by atoms with E-state index in [1.807, 2.05) is 41.7 Å². The van der Waals surface area contributed by atoms with E-state index >= 15 is 0 Å². The zero-order valence-electron chi connectivity index (χ0n) is 14.9. The van der Waals surface area contributed by atoms with E-state index < -0.39 is 0 Å². The highest BCUT2D eigenvalue weighted by Crippen LogP contribution is 2.32. The minimum Gasteiger partial charge on any atom is -0.497 e. The Morgan fingerprint density at radius 1 is 1.19 bits per heavy atom. The molecule has 0 saturated heterocycles. The van der Waals surface area contributed by atoms with Gasteiger partial charge in [0.05, 0.1) is 29.7 Å². The second kappa shape index (κ2) is 7.76. The van der Waals surface area contributed by atoms with E-state index in [1.165, 1.54) is 11.1 Å². The molecule has 2 aromatic carbocycles. The summed E-state index contributed by atoms with van der Waals surface area (Å²) in [6.45, 7) is 3.98. The van der Waals surface area contributed by atoms with Crippen LogP contribution in [0.4, 0.5) is 0 Å². The van der Waals surface area contributed by atoms with Crippen LogP contribution in [-0.2, 0) is 6.54 Å². The zero-order chi connectivity index (χ0) is 17.9. The number of imidazole rings is 1. The van der Waals surface area contributed by atoms with Crippen molar-refractivity contribution in [3.8, 4) is 5.75 Å². The predicted molar refractivity (Wildman–Crippen MR) is 112 cm³/mol. The molecule has 4 rings (SSSR count). The lowest BCUT2D eigenvalue weighted by Gasteiger charge is -2.09. The van der Waals surface area contributed by atoms with Crippen molar-refractivity contribution in [1.82, 2.24) is 9.55 Å². The van der Waals surface area contributed by atoms with Crippen LogP contribution in [0.15, 0.2) is 58.7 Å². The first-order valence-corrected chi connectivity index (χ1v) is 10.6. The largest absolute Gasteiger partial charge is 0.497 e. The van der Waals surface area contributed by atoms with Gasteiger partial charge in [0.1, 0.15) is 5.75 Å². The molecule has 0 saturated carbocycles. The number of hydrogen-bond acceptors (Lipinski definition) is 5. The first-order chi connectivity index (χ1) is 12.8. The summed E-state index contributed by atoms with van der Waals surface area (Å²) in [7, 11) is 1.69. The molecule has 3 aromatic rings. The SMILES string of the molecule is CCn1c(SCC2CN=C(c3ccc(OC)cc3)S2)nc2ccccc21. The van der Waals surface area contributed by atoms with Crippen LogP contribution in [0.2, 0.25) is 0 Å². The predicted octanol–water partition coefficient (Wildman–Crippen LogP) is 4.72. The maximum absolute atomic E-state index is 5.23. The van der Waals surface area contributed by atoms with Gasteiger partial charge >= 0.3 is 0 Å². The zero-order valence-corrected chi connectivity index (χ0v) is 16.5. The third kappa shape index (κ3) is 3.48. The van der Waals surface area contributed by atoms with Crippen LogP contribution >= 0.6 is 23.5 Å². The summed E-state index contributed by atoms with van der Waals surface area (Å²) in [5.41, 5.74) is 3.46. The van der Waals surface area contributed by atoms with Crippen molar-refractivity contribution in [2.75, 3.05) is 19.4 Å². The fourth-order valence-electron chi connectivity index (χ4n) is 3.03. The Labute approximate surface area is 162 Å². The third-order valence-corrected chi connectivity index (χ3v) is 6.97. The van der Waals surface area contributed by atoms with Crippen molar-refractivity contribution in [2.45, 2.75) is 23.9 Å². The summed E-state index contributed by atoms with van der Waals surface area (Å²) in [4.78, 5) is 9.54. The quantitative estimate of drug-likeness (QED) is 0.578. The number of ether oxygens (including phenoxy) is 1. The number of hydrogen-bond donors (Lipinski definition) is 0. The summed E-state index contributed by atoms with van der Waals surface area (Å²) in [5.74, 6) is 1.89. The molecule has 0 aliphatic carbocycles. The van der Waals surface area contributed by atoms with Crippen molar-refractivity contribution in [2.24, 2.45) is 4.99 Å². The molecule has 4 nitrogen and oxygen atoms in total. The summed E-state index contributed by atoms with van der Waals surface area (Å²) < 4.78 is 7.52. The molecule has 0 fully saturated rings. The molecule has 0 spiro atoms. The number of rotatable bonds is 6. The van der Waals surface area contributed by atoms with Crippen molar-refractivity contribution in [3.05, 3.63) is 54.1 Å². The van der Waals surface area contributed by atoms with Gasteiger partial charge in [0.15, 0.2) is 5.16 Å². The lowest BCUT2D eigenvalue weighted by molar-refractivity contribution is 0.415. The Kier molecular flexibility index (Phi) is 5.22. The van der Waals surface area contributed by atoms with Gasteiger partial charge in [-0.05, 0) is 43.3 Å². The number of nitrogens with zero attached hydrogens (tertiary/aromatic N) is 3. The molecule has 134 valence electrons. The molecule has 0 bridgehead atoms. The first kappa shape index (κ1) is 17.5. The number of fused-ring (bicyclic) bond motifs is 1. The number of methoxy groups -OCH3 is 1. The lowest BCUT2D eigenvalue weighted by atomic mass is 10.2. The van der Waals surface area contributed by atoms with Crippen LogP contribution < -0.4 is 4.74 Å². The monoisotopic (exact) mass is 383 g/mol. The van der Waals surface area contributed by atoms with Crippen LogP contribution in [-0.4, -0.2) is 39.3 Å². The maximum Gasteiger partial charge on any atom is 0.169 e. The van der Waals surface area contributed by atoms with E-state index in [1.54, 1.807) is 7.11 Å². The standard InChI is InChI=1S/C20H21N3OS2/c1-3-23-18-7-5-4-6-17(18)22-20(23)25-13-16-12-21-19(26-16)14-8-10-15(24-2)11-9-14/h4-11,16H,3,12-13H2,1-2H3. The van der Waals surface area contributed by atoms with Gasteiger partial charge in [-0.3, -0.25) is 4.99 Å². The van der Waals surface area contributed by atoms with E-state index in [0.717, 1.165) is 40.3 Å². The summed E-state index contributed by atoms with van der Waals surface area (Å²) in [6, 6.07) is 16.5. The van der Waals surface area contributed by atoms with Crippen molar-refractivity contribution >= 4 is 39.6 Å². The normalized spacial score (nSPS) is 16.8. The molecule has 1 aromatic heterocycles. The van der Waals surface area contributed by atoms with Crippen LogP contribution in [0, 0.1) is 0 Å². The number of aryl methyl sites for hydroxylation is 1. The molecule has 1 aliphatic rings. The number of thioether (sulfide) groups is 2. The second-order valence-electron chi connectivity index (χ2n) is 6.05. The Bertz CT molecular complexity index is 934. The molecular formula is C20H21N3OS2. The Morgan fingerprint density at radius 3 is 2.77 bits per heavy atom. The molecule has 1 aliphatic heterocycles. The number of aromatic nitrogens is 2. The summed E-state index contributed by atoms with van der Waals surface area (Å²) in [6.07, 6.45) is 0. The highest BCUT2D eigenvalue weighted by Gasteiger charge is 2.22. The molecule has 1 unspecified atom stereocenters. The van der Waals surface area contributed by atoms with E-state index in [9.17, 15) is 0 Å². The van der Waals surface area contributed by atoms with Gasteiger partial charge < -0.3 is 9.30 Å². The molecule has 0 N–H and O–H groups in total. The van der Waals surface area contributed by atoms with Gasteiger partial charge in [0.25, 0.3) is 0 Å². The molecule has 26 heavy (non-hydrogen) atoms. The van der Waals surface area contributed by atoms with Gasteiger partial charge in [-0.25, -0.2) is 4.98 Å². The number of benzene rings is 2. The minimum absolute atomic E-state index is 0.488. The van der Waals surface area contributed by atoms with E-state index in [2.05, 4.69) is 41.8 Å². The molecule has 1 atom stereocenters. The fraction of sp³-hybridized carbons (Fsp3) is 0.300. The van der Waals surface area contributed by atoms with Gasteiger partial charge in [-0.15, -0.1) is 11.8 Å². The van der Waals surface area contributed by atoms with Gasteiger partial charge in [0.2, 0.25) is 0 Å². The smallest absolute Gasteiger partial charge is 0.169 e. The topological polar surface area (TPSA) is 39.4 Å². The van der Waals surface area contributed by atoms with Gasteiger partial charge in [-0.1, -0.05) is 23.9 Å². The summed E-state index contributed by atoms with van der Waals surface area (Å²) >= 11 is 3.70. The van der Waals surface area contributed by atoms with E-state index in [0.29, 0.717) is 5.25 Å². The maximum atomic E-state index is 5.23. The van der Waals surface area contributed by atoms with Crippen LogP contribution in [0.5, 0.6) is 5.75 Å².